The summed E-state index contributed by atoms with van der Waals surface area (Å²) in [5.41, 5.74) is 2.79. The molecular weight excluding hydrogens is 476 g/mol. The lowest BCUT2D eigenvalue weighted by Crippen LogP contribution is -2.35. The Morgan fingerprint density at radius 1 is 0.727 bits per heavy atom. The highest BCUT2D eigenvalue weighted by Gasteiger charge is 2.37. The van der Waals surface area contributed by atoms with Crippen LogP contribution < -0.4 is 4.31 Å². The lowest BCUT2D eigenvalue weighted by molar-refractivity contribution is 0.583. The van der Waals surface area contributed by atoms with Crippen LogP contribution in [0.1, 0.15) is 11.1 Å². The number of aryl methyl sites for hydroxylation is 2. The highest BCUT2D eigenvalue weighted by Crippen LogP contribution is 2.46. The zero-order valence-electron chi connectivity index (χ0n) is 18.1. The van der Waals surface area contributed by atoms with Gasteiger partial charge in [-0.05, 0) is 44.2 Å². The van der Waals surface area contributed by atoms with Gasteiger partial charge < -0.3 is 0 Å². The minimum Gasteiger partial charge on any atom is -0.262 e. The molecule has 0 bridgehead atoms. The molecule has 170 valence electrons. The fourth-order valence-electron chi connectivity index (χ4n) is 4.01. The quantitative estimate of drug-likeness (QED) is 0.404. The van der Waals surface area contributed by atoms with Crippen molar-refractivity contribution in [2.45, 2.75) is 28.7 Å². The van der Waals surface area contributed by atoms with Crippen LogP contribution in [0.3, 0.4) is 0 Å². The Morgan fingerprint density at radius 3 is 1.88 bits per heavy atom. The Morgan fingerprint density at radius 2 is 1.27 bits per heavy atom. The number of fused-ring (bicyclic) bond motifs is 3. The van der Waals surface area contributed by atoms with Gasteiger partial charge in [0, 0.05) is 17.7 Å². The molecule has 0 aliphatic carbocycles. The summed E-state index contributed by atoms with van der Waals surface area (Å²) in [5, 5.41) is 1.00. The summed E-state index contributed by atoms with van der Waals surface area (Å²) in [6.45, 7) is 4.05. The molecule has 6 nitrogen and oxygen atoms in total. The molecular formula is C24H22N2O4S3. The van der Waals surface area contributed by atoms with E-state index in [2.05, 4.69) is 0 Å². The molecule has 1 aliphatic rings. The Labute approximate surface area is 198 Å². The zero-order chi connectivity index (χ0) is 23.4. The number of benzene rings is 3. The molecule has 1 aromatic heterocycles. The maximum Gasteiger partial charge on any atom is 0.269 e. The number of aromatic nitrogens is 1. The second-order valence-corrected chi connectivity index (χ2v) is 12.7. The summed E-state index contributed by atoms with van der Waals surface area (Å²) in [4.78, 5) is 0.347. The highest BCUT2D eigenvalue weighted by molar-refractivity contribution is 8.00. The van der Waals surface area contributed by atoms with Crippen molar-refractivity contribution in [3.63, 3.8) is 0 Å². The zero-order valence-corrected chi connectivity index (χ0v) is 20.5. The van der Waals surface area contributed by atoms with Crippen molar-refractivity contribution in [2.24, 2.45) is 0 Å². The number of anilines is 1. The third-order valence-corrected chi connectivity index (χ3v) is 10.4. The van der Waals surface area contributed by atoms with Crippen molar-refractivity contribution in [3.8, 4) is 0 Å². The molecule has 0 saturated heterocycles. The monoisotopic (exact) mass is 498 g/mol. The summed E-state index contributed by atoms with van der Waals surface area (Å²) < 4.78 is 57.4. The predicted octanol–water partition coefficient (Wildman–Crippen LogP) is 4.80. The van der Waals surface area contributed by atoms with Crippen molar-refractivity contribution in [1.29, 1.82) is 0 Å². The number of sulfonamides is 1. The van der Waals surface area contributed by atoms with E-state index in [0.717, 1.165) is 11.1 Å². The van der Waals surface area contributed by atoms with E-state index in [1.165, 1.54) is 20.0 Å². The standard InChI is InChI=1S/C24H22N2O4S3/c1-17-7-11-19(12-8-17)32(27,28)25-15-16-31-24-23(25)21-5-3-4-6-22(21)26(24)33(29,30)20-13-9-18(2)10-14-20/h3-14H,15-16H2,1-2H3. The maximum atomic E-state index is 13.7. The molecule has 5 rings (SSSR count). The van der Waals surface area contributed by atoms with Crippen molar-refractivity contribution in [3.05, 3.63) is 83.9 Å². The molecule has 0 unspecified atom stereocenters. The second kappa shape index (κ2) is 7.93. The van der Waals surface area contributed by atoms with Crippen LogP contribution in [0.5, 0.6) is 0 Å². The lowest BCUT2D eigenvalue weighted by Gasteiger charge is -2.29. The average molecular weight is 499 g/mol. The number of rotatable bonds is 4. The molecule has 0 atom stereocenters. The lowest BCUT2D eigenvalue weighted by atomic mass is 10.2. The fourth-order valence-corrected chi connectivity index (χ4v) is 8.58. The van der Waals surface area contributed by atoms with Gasteiger partial charge in [0.15, 0.2) is 0 Å². The minimum absolute atomic E-state index is 0.163. The number of hydrogen-bond acceptors (Lipinski definition) is 5. The number of nitrogens with zero attached hydrogens (tertiary/aromatic N) is 2. The van der Waals surface area contributed by atoms with Crippen molar-refractivity contribution < 1.29 is 16.8 Å². The molecule has 33 heavy (non-hydrogen) atoms. The van der Waals surface area contributed by atoms with Gasteiger partial charge >= 0.3 is 0 Å². The molecule has 4 aromatic rings. The Kier molecular flexibility index (Phi) is 5.30. The van der Waals surface area contributed by atoms with E-state index in [4.69, 9.17) is 0 Å². The van der Waals surface area contributed by atoms with Gasteiger partial charge in [0.25, 0.3) is 20.0 Å². The van der Waals surface area contributed by atoms with Crippen LogP contribution >= 0.6 is 11.8 Å². The first-order valence-corrected chi connectivity index (χ1v) is 14.3. The molecule has 0 fully saturated rings. The van der Waals surface area contributed by atoms with Crippen molar-refractivity contribution >= 4 is 48.4 Å². The largest absolute Gasteiger partial charge is 0.269 e. The van der Waals surface area contributed by atoms with E-state index in [1.54, 1.807) is 72.8 Å². The maximum absolute atomic E-state index is 13.7. The molecule has 2 heterocycles. The highest BCUT2D eigenvalue weighted by atomic mass is 32.2. The van der Waals surface area contributed by atoms with Crippen LogP contribution in [0.15, 0.2) is 87.6 Å². The van der Waals surface area contributed by atoms with Crippen LogP contribution in [0, 0.1) is 13.8 Å². The van der Waals surface area contributed by atoms with E-state index in [-0.39, 0.29) is 16.3 Å². The van der Waals surface area contributed by atoms with Gasteiger partial charge in [-0.25, -0.2) is 20.8 Å². The molecule has 0 amide bonds. The van der Waals surface area contributed by atoms with Crippen molar-refractivity contribution in [1.82, 2.24) is 3.97 Å². The topological polar surface area (TPSA) is 76.5 Å². The third kappa shape index (κ3) is 3.55. The van der Waals surface area contributed by atoms with Gasteiger partial charge in [0.1, 0.15) is 5.03 Å². The van der Waals surface area contributed by atoms with Crippen LogP contribution in [0.2, 0.25) is 0 Å². The van der Waals surface area contributed by atoms with Gasteiger partial charge in [-0.15, -0.1) is 11.8 Å². The molecule has 3 aromatic carbocycles. The Bertz CT molecular complexity index is 1570. The minimum atomic E-state index is -3.95. The third-order valence-electron chi connectivity index (χ3n) is 5.72. The van der Waals surface area contributed by atoms with Gasteiger partial charge in [-0.2, -0.15) is 0 Å². The second-order valence-electron chi connectivity index (χ2n) is 7.99. The molecule has 1 aliphatic heterocycles. The molecule has 0 saturated carbocycles. The van der Waals surface area contributed by atoms with E-state index < -0.39 is 20.0 Å². The summed E-state index contributed by atoms with van der Waals surface area (Å²) >= 11 is 1.36. The van der Waals surface area contributed by atoms with Crippen molar-refractivity contribution in [2.75, 3.05) is 16.6 Å². The Balaban J connectivity index is 1.77. The number of para-hydroxylation sites is 1. The summed E-state index contributed by atoms with van der Waals surface area (Å²) in [5.74, 6) is 0.442. The van der Waals surface area contributed by atoms with Crippen LogP contribution in [-0.2, 0) is 20.0 Å². The van der Waals surface area contributed by atoms with E-state index in [0.29, 0.717) is 27.4 Å². The fraction of sp³-hybridized carbons (Fsp3) is 0.167. The SMILES string of the molecule is Cc1ccc(S(=O)(=O)N2CCSc3c2c2ccccc2n3S(=O)(=O)c2ccc(C)cc2)cc1. The van der Waals surface area contributed by atoms with E-state index >= 15 is 0 Å². The van der Waals surface area contributed by atoms with E-state index in [9.17, 15) is 16.8 Å². The Hall–Kier alpha value is -2.75. The normalized spacial score (nSPS) is 14.4. The first-order chi connectivity index (χ1) is 15.7. The molecule has 9 heteroatoms. The summed E-state index contributed by atoms with van der Waals surface area (Å²) in [6.07, 6.45) is 0. The molecule has 0 radical (unpaired) electrons. The van der Waals surface area contributed by atoms with Crippen LogP contribution in [0.4, 0.5) is 5.69 Å². The van der Waals surface area contributed by atoms with Gasteiger partial charge in [0.05, 0.1) is 21.0 Å². The summed E-state index contributed by atoms with van der Waals surface area (Å²) in [6, 6.07) is 20.4. The number of hydrogen-bond donors (Lipinski definition) is 0. The van der Waals surface area contributed by atoms with E-state index in [1.807, 2.05) is 13.8 Å². The number of thioether (sulfide) groups is 1. The summed E-state index contributed by atoms with van der Waals surface area (Å²) in [7, 11) is -7.82. The first kappa shape index (κ1) is 22.1. The average Bonchev–Trinajstić information content (AvgIpc) is 3.15. The predicted molar refractivity (Wildman–Crippen MR) is 132 cm³/mol. The molecule has 0 spiro atoms. The van der Waals surface area contributed by atoms with Crippen LogP contribution in [0.25, 0.3) is 10.9 Å². The van der Waals surface area contributed by atoms with Crippen LogP contribution in [-0.4, -0.2) is 33.1 Å². The van der Waals surface area contributed by atoms with Gasteiger partial charge in [-0.3, -0.25) is 4.31 Å². The van der Waals surface area contributed by atoms with Gasteiger partial charge in [0.2, 0.25) is 0 Å². The first-order valence-electron chi connectivity index (χ1n) is 10.4. The smallest absolute Gasteiger partial charge is 0.262 e. The van der Waals surface area contributed by atoms with Gasteiger partial charge in [-0.1, -0.05) is 53.6 Å². The molecule has 0 N–H and O–H groups in total.